The van der Waals surface area contributed by atoms with Crippen LogP contribution in [0.3, 0.4) is 0 Å². The minimum absolute atomic E-state index is 0.558. The second kappa shape index (κ2) is 5.72. The van der Waals surface area contributed by atoms with Gasteiger partial charge in [-0.1, -0.05) is 25.7 Å². The molecule has 2 aliphatic rings. The van der Waals surface area contributed by atoms with Crippen molar-refractivity contribution in [1.29, 1.82) is 0 Å². The van der Waals surface area contributed by atoms with Crippen molar-refractivity contribution in [1.82, 2.24) is 5.32 Å². The van der Waals surface area contributed by atoms with Gasteiger partial charge in [0.2, 0.25) is 0 Å². The third-order valence-electron chi connectivity index (χ3n) is 3.64. The van der Waals surface area contributed by atoms with E-state index < -0.39 is 0 Å². The van der Waals surface area contributed by atoms with Gasteiger partial charge in [0.05, 0.1) is 12.7 Å². The lowest BCUT2D eigenvalue weighted by molar-refractivity contribution is 0.0165. The smallest absolute Gasteiger partial charge is 0.0616 e. The van der Waals surface area contributed by atoms with Gasteiger partial charge in [0.25, 0.3) is 0 Å². The van der Waals surface area contributed by atoms with Crippen molar-refractivity contribution < 1.29 is 4.74 Å². The van der Waals surface area contributed by atoms with Crippen LogP contribution in [0.4, 0.5) is 0 Å². The molecule has 0 aromatic heterocycles. The lowest BCUT2D eigenvalue weighted by Crippen LogP contribution is -2.24. The maximum atomic E-state index is 5.94. The summed E-state index contributed by atoms with van der Waals surface area (Å²) in [6.45, 7) is 3.12. The number of hydrogen-bond acceptors (Lipinski definition) is 2. The van der Waals surface area contributed by atoms with Gasteiger partial charge in [0.1, 0.15) is 0 Å². The highest BCUT2D eigenvalue weighted by molar-refractivity contribution is 4.76. The largest absolute Gasteiger partial charge is 0.377 e. The zero-order valence-electron chi connectivity index (χ0n) is 9.13. The predicted octanol–water partition coefficient (Wildman–Crippen LogP) is 2.34. The van der Waals surface area contributed by atoms with Crippen molar-refractivity contribution in [2.45, 2.75) is 51.0 Å². The van der Waals surface area contributed by atoms with Gasteiger partial charge >= 0.3 is 0 Å². The molecule has 0 unspecified atom stereocenters. The lowest BCUT2D eigenvalue weighted by atomic mass is 9.92. The van der Waals surface area contributed by atoms with Crippen molar-refractivity contribution in [2.24, 2.45) is 5.92 Å². The van der Waals surface area contributed by atoms with E-state index in [0.29, 0.717) is 6.10 Å². The van der Waals surface area contributed by atoms with E-state index in [1.165, 1.54) is 44.9 Å². The van der Waals surface area contributed by atoms with E-state index in [4.69, 9.17) is 4.74 Å². The summed E-state index contributed by atoms with van der Waals surface area (Å²) in [6.07, 6.45) is 10.3. The molecule has 2 rings (SSSR count). The molecule has 0 aromatic carbocycles. The van der Waals surface area contributed by atoms with Gasteiger partial charge < -0.3 is 10.1 Å². The Kier molecular flexibility index (Phi) is 4.26. The Hall–Kier alpha value is -0.0800. The van der Waals surface area contributed by atoms with E-state index in [1.807, 2.05) is 0 Å². The van der Waals surface area contributed by atoms with Gasteiger partial charge in [0, 0.05) is 6.54 Å². The first kappa shape index (κ1) is 10.4. The Morgan fingerprint density at radius 1 is 0.857 bits per heavy atom. The predicted molar refractivity (Wildman–Crippen MR) is 58.4 cm³/mol. The van der Waals surface area contributed by atoms with Crippen molar-refractivity contribution in [2.75, 3.05) is 19.7 Å². The Bertz CT molecular complexity index is 126. The molecule has 1 atom stereocenters. The maximum Gasteiger partial charge on any atom is 0.0616 e. The van der Waals surface area contributed by atoms with E-state index in [2.05, 4.69) is 5.32 Å². The summed E-state index contributed by atoms with van der Waals surface area (Å²) in [6, 6.07) is 0. The average molecular weight is 197 g/mol. The van der Waals surface area contributed by atoms with Crippen LogP contribution in [0.25, 0.3) is 0 Å². The molecule has 14 heavy (non-hydrogen) atoms. The van der Waals surface area contributed by atoms with Crippen LogP contribution in [-0.4, -0.2) is 25.8 Å². The number of rotatable bonds is 1. The maximum absolute atomic E-state index is 5.94. The van der Waals surface area contributed by atoms with Gasteiger partial charge in [-0.2, -0.15) is 0 Å². The van der Waals surface area contributed by atoms with Crippen LogP contribution in [0.2, 0.25) is 0 Å². The highest BCUT2D eigenvalue weighted by Gasteiger charge is 2.23. The Morgan fingerprint density at radius 3 is 2.43 bits per heavy atom. The lowest BCUT2D eigenvalue weighted by Gasteiger charge is -2.24. The molecule has 1 aliphatic heterocycles. The van der Waals surface area contributed by atoms with E-state index >= 15 is 0 Å². The summed E-state index contributed by atoms with van der Waals surface area (Å²) in [5.41, 5.74) is 0. The molecule has 2 nitrogen and oxygen atoms in total. The summed E-state index contributed by atoms with van der Waals surface area (Å²) in [7, 11) is 0. The fraction of sp³-hybridized carbons (Fsp3) is 1.00. The zero-order valence-corrected chi connectivity index (χ0v) is 9.13. The molecule has 1 aliphatic carbocycles. The van der Waals surface area contributed by atoms with Gasteiger partial charge in [-0.3, -0.25) is 0 Å². The molecule has 1 heterocycles. The standard InChI is InChI=1S/C12H23NO/c1-2-4-6-11(5-3-1)12-7-8-13-9-10-14-12/h11-13H,1-10H2/t12-/m0/s1. The molecule has 0 radical (unpaired) electrons. The van der Waals surface area contributed by atoms with Crippen molar-refractivity contribution in [3.8, 4) is 0 Å². The Labute approximate surface area is 87.4 Å². The van der Waals surface area contributed by atoms with Crippen LogP contribution in [0, 0.1) is 5.92 Å². The highest BCUT2D eigenvalue weighted by Crippen LogP contribution is 2.28. The number of nitrogens with one attached hydrogen (secondary N) is 1. The number of ether oxygens (including phenoxy) is 1. The molecule has 0 amide bonds. The third kappa shape index (κ3) is 2.96. The molecule has 0 spiro atoms. The fourth-order valence-corrected chi connectivity index (χ4v) is 2.79. The molecule has 0 bridgehead atoms. The van der Waals surface area contributed by atoms with E-state index in [1.54, 1.807) is 0 Å². The molecular formula is C12H23NO. The summed E-state index contributed by atoms with van der Waals surface area (Å²) < 4.78 is 5.94. The minimum Gasteiger partial charge on any atom is -0.377 e. The second-order valence-corrected chi connectivity index (χ2v) is 4.70. The topological polar surface area (TPSA) is 21.3 Å². The first-order valence-corrected chi connectivity index (χ1v) is 6.29. The molecule has 2 heteroatoms. The second-order valence-electron chi connectivity index (χ2n) is 4.70. The number of hydrogen-bond donors (Lipinski definition) is 1. The van der Waals surface area contributed by atoms with Crippen molar-refractivity contribution in [3.63, 3.8) is 0 Å². The van der Waals surface area contributed by atoms with Crippen molar-refractivity contribution >= 4 is 0 Å². The first-order valence-electron chi connectivity index (χ1n) is 6.29. The van der Waals surface area contributed by atoms with Gasteiger partial charge in [0.15, 0.2) is 0 Å². The summed E-state index contributed by atoms with van der Waals surface area (Å²) in [4.78, 5) is 0. The zero-order chi connectivity index (χ0) is 9.64. The Balaban J connectivity index is 1.83. The molecule has 2 fully saturated rings. The van der Waals surface area contributed by atoms with Crippen LogP contribution < -0.4 is 5.32 Å². The van der Waals surface area contributed by atoms with Crippen LogP contribution in [-0.2, 0) is 4.74 Å². The van der Waals surface area contributed by atoms with Crippen LogP contribution >= 0.6 is 0 Å². The van der Waals surface area contributed by atoms with E-state index in [9.17, 15) is 0 Å². The molecule has 1 saturated carbocycles. The monoisotopic (exact) mass is 197 g/mol. The molecular weight excluding hydrogens is 174 g/mol. The quantitative estimate of drug-likeness (QED) is 0.651. The highest BCUT2D eigenvalue weighted by atomic mass is 16.5. The van der Waals surface area contributed by atoms with Gasteiger partial charge in [-0.25, -0.2) is 0 Å². The third-order valence-corrected chi connectivity index (χ3v) is 3.64. The molecule has 1 saturated heterocycles. The SMILES string of the molecule is C1CCCC([C@@H]2CCNCCO2)CC1. The minimum atomic E-state index is 0.558. The average Bonchev–Trinajstić information content (AvgIpc) is 2.62. The first-order chi connectivity index (χ1) is 6.97. The van der Waals surface area contributed by atoms with Crippen LogP contribution in [0.15, 0.2) is 0 Å². The summed E-state index contributed by atoms with van der Waals surface area (Å²) in [5.74, 6) is 0.859. The van der Waals surface area contributed by atoms with Gasteiger partial charge in [-0.05, 0) is 31.7 Å². The molecule has 1 N–H and O–H groups in total. The van der Waals surface area contributed by atoms with Crippen LogP contribution in [0.1, 0.15) is 44.9 Å². The summed E-state index contributed by atoms with van der Waals surface area (Å²) >= 11 is 0. The normalized spacial score (nSPS) is 32.1. The molecule has 0 aromatic rings. The Morgan fingerprint density at radius 2 is 1.64 bits per heavy atom. The van der Waals surface area contributed by atoms with Crippen molar-refractivity contribution in [3.05, 3.63) is 0 Å². The van der Waals surface area contributed by atoms with E-state index in [-0.39, 0.29) is 0 Å². The fourth-order valence-electron chi connectivity index (χ4n) is 2.79. The van der Waals surface area contributed by atoms with Gasteiger partial charge in [-0.15, -0.1) is 0 Å². The summed E-state index contributed by atoms with van der Waals surface area (Å²) in [5, 5.41) is 3.41. The molecule has 82 valence electrons. The van der Waals surface area contributed by atoms with E-state index in [0.717, 1.165) is 25.6 Å². The van der Waals surface area contributed by atoms with Crippen LogP contribution in [0.5, 0.6) is 0 Å².